The zero-order chi connectivity index (χ0) is 12.6. The fraction of sp³-hybridized carbons (Fsp3) is 0.333. The highest BCUT2D eigenvalue weighted by molar-refractivity contribution is 6.32. The van der Waals surface area contributed by atoms with Crippen LogP contribution >= 0.6 is 11.6 Å². The van der Waals surface area contributed by atoms with Crippen molar-refractivity contribution in [1.29, 1.82) is 0 Å². The van der Waals surface area contributed by atoms with E-state index >= 15 is 0 Å². The Kier molecular flexibility index (Phi) is 2.84. The lowest BCUT2D eigenvalue weighted by molar-refractivity contribution is -0.136. The van der Waals surface area contributed by atoms with Crippen LogP contribution < -0.4 is 11.1 Å². The number of nitrogens with one attached hydrogen (secondary N) is 1. The molecule has 1 aliphatic heterocycles. The summed E-state index contributed by atoms with van der Waals surface area (Å²) in [4.78, 5) is 31.6. The molecule has 0 aromatic carbocycles. The van der Waals surface area contributed by atoms with Gasteiger partial charge in [-0.15, -0.1) is 0 Å². The number of carbonyl (C=O) groups excluding carboxylic acids is 2. The van der Waals surface area contributed by atoms with E-state index < -0.39 is 6.04 Å². The number of anilines is 2. The van der Waals surface area contributed by atoms with Crippen LogP contribution in [0.2, 0.25) is 5.02 Å². The number of nitrogens with zero attached hydrogens (tertiary/aromatic N) is 3. The minimum absolute atomic E-state index is 0.0435. The van der Waals surface area contributed by atoms with Gasteiger partial charge in [0.25, 0.3) is 5.91 Å². The molecule has 1 unspecified atom stereocenters. The normalized spacial score (nSPS) is 19.9. The van der Waals surface area contributed by atoms with Crippen LogP contribution in [0, 0.1) is 0 Å². The van der Waals surface area contributed by atoms with Crippen molar-refractivity contribution in [3.63, 3.8) is 0 Å². The second kappa shape index (κ2) is 4.17. The molecular formula is C9H10ClN5O2. The zero-order valence-electron chi connectivity index (χ0n) is 8.98. The van der Waals surface area contributed by atoms with Crippen molar-refractivity contribution in [1.82, 2.24) is 14.9 Å². The highest BCUT2D eigenvalue weighted by Crippen LogP contribution is 2.22. The Labute approximate surface area is 102 Å². The molecular weight excluding hydrogens is 246 g/mol. The maximum absolute atomic E-state index is 11.6. The second-order valence-corrected chi connectivity index (χ2v) is 4.02. The lowest BCUT2D eigenvalue weighted by atomic mass is 10.2. The van der Waals surface area contributed by atoms with Crippen molar-refractivity contribution >= 4 is 35.2 Å². The molecule has 2 rings (SSSR count). The van der Waals surface area contributed by atoms with E-state index in [2.05, 4.69) is 15.3 Å². The average Bonchev–Trinajstić information content (AvgIpc) is 2.52. The van der Waals surface area contributed by atoms with Gasteiger partial charge in [0.15, 0.2) is 5.82 Å². The average molecular weight is 256 g/mol. The van der Waals surface area contributed by atoms with Crippen molar-refractivity contribution in [2.75, 3.05) is 18.1 Å². The molecule has 0 spiro atoms. The Hall–Kier alpha value is -1.89. The minimum atomic E-state index is -0.653. The number of rotatable bonds is 2. The third-order valence-corrected chi connectivity index (χ3v) is 2.73. The molecule has 2 amide bonds. The second-order valence-electron chi connectivity index (χ2n) is 3.62. The summed E-state index contributed by atoms with van der Waals surface area (Å²) in [5.74, 6) is -0.267. The summed E-state index contributed by atoms with van der Waals surface area (Å²) in [5.41, 5.74) is 5.41. The molecule has 3 N–H and O–H groups in total. The summed E-state index contributed by atoms with van der Waals surface area (Å²) in [5, 5.41) is 3.03. The van der Waals surface area contributed by atoms with Crippen LogP contribution in [0.1, 0.15) is 6.42 Å². The fourth-order valence-electron chi connectivity index (χ4n) is 1.52. The van der Waals surface area contributed by atoms with Crippen molar-refractivity contribution in [3.05, 3.63) is 11.2 Å². The van der Waals surface area contributed by atoms with Crippen LogP contribution in [-0.4, -0.2) is 39.8 Å². The fourth-order valence-corrected chi connectivity index (χ4v) is 1.66. The topological polar surface area (TPSA) is 101 Å². The van der Waals surface area contributed by atoms with E-state index in [9.17, 15) is 9.59 Å². The maximum Gasteiger partial charge on any atom is 0.251 e. The third kappa shape index (κ3) is 2.14. The number of amides is 2. The Bertz CT molecular complexity index is 492. The molecule has 90 valence electrons. The van der Waals surface area contributed by atoms with E-state index in [0.717, 1.165) is 4.90 Å². The van der Waals surface area contributed by atoms with E-state index in [1.807, 2.05) is 0 Å². The van der Waals surface area contributed by atoms with Crippen LogP contribution in [0.3, 0.4) is 0 Å². The van der Waals surface area contributed by atoms with Crippen LogP contribution in [0.5, 0.6) is 0 Å². The lowest BCUT2D eigenvalue weighted by Crippen LogP contribution is -2.32. The zero-order valence-corrected chi connectivity index (χ0v) is 9.73. The molecule has 0 bridgehead atoms. The standard InChI is InChI=1S/C9H10ClN5O2/c1-15-6(16)2-5(8(15)17)13-7-4(10)3-12-9(11)14-7/h3,5H,2H2,1H3,(H3,11,12,13,14). The number of likely N-dealkylation sites (tertiary alicyclic amines) is 1. The first kappa shape index (κ1) is 11.6. The van der Waals surface area contributed by atoms with E-state index in [4.69, 9.17) is 17.3 Å². The van der Waals surface area contributed by atoms with Crippen LogP contribution in [0.25, 0.3) is 0 Å². The molecule has 0 aliphatic carbocycles. The minimum Gasteiger partial charge on any atom is -0.368 e. The number of nitrogen functional groups attached to an aromatic ring is 1. The van der Waals surface area contributed by atoms with Gasteiger partial charge in [0.05, 0.1) is 12.6 Å². The van der Waals surface area contributed by atoms with Crippen LogP contribution in [-0.2, 0) is 9.59 Å². The van der Waals surface area contributed by atoms with Gasteiger partial charge in [0.2, 0.25) is 11.9 Å². The van der Waals surface area contributed by atoms with Crippen LogP contribution in [0.15, 0.2) is 6.20 Å². The smallest absolute Gasteiger partial charge is 0.251 e. The Morgan fingerprint density at radius 1 is 1.59 bits per heavy atom. The van der Waals surface area contributed by atoms with Gasteiger partial charge >= 0.3 is 0 Å². The molecule has 1 aromatic rings. The first-order chi connectivity index (χ1) is 7.99. The molecule has 2 heterocycles. The molecule has 1 aliphatic rings. The number of hydrogen-bond donors (Lipinski definition) is 2. The molecule has 1 aromatic heterocycles. The SMILES string of the molecule is CN1C(=O)CC(Nc2nc(N)ncc2Cl)C1=O. The largest absolute Gasteiger partial charge is 0.368 e. The molecule has 0 saturated carbocycles. The quantitative estimate of drug-likeness (QED) is 0.715. The van der Waals surface area contributed by atoms with Gasteiger partial charge in [-0.3, -0.25) is 14.5 Å². The highest BCUT2D eigenvalue weighted by Gasteiger charge is 2.36. The molecule has 8 heteroatoms. The number of nitrogens with two attached hydrogens (primary N) is 1. The van der Waals surface area contributed by atoms with Crippen molar-refractivity contribution in [2.24, 2.45) is 0 Å². The predicted octanol–water partition coefficient (Wildman–Crippen LogP) is -0.119. The molecule has 1 saturated heterocycles. The molecule has 7 nitrogen and oxygen atoms in total. The summed E-state index contributed by atoms with van der Waals surface area (Å²) < 4.78 is 0. The maximum atomic E-state index is 11.6. The van der Waals surface area contributed by atoms with Gasteiger partial charge in [-0.25, -0.2) is 4.98 Å². The van der Waals surface area contributed by atoms with E-state index in [-0.39, 0.29) is 35.0 Å². The van der Waals surface area contributed by atoms with Gasteiger partial charge in [-0.1, -0.05) is 11.6 Å². The molecule has 1 fully saturated rings. The molecule has 17 heavy (non-hydrogen) atoms. The Morgan fingerprint density at radius 3 is 2.88 bits per heavy atom. The summed E-state index contributed by atoms with van der Waals surface area (Å²) >= 11 is 5.84. The summed E-state index contributed by atoms with van der Waals surface area (Å²) in [7, 11) is 1.43. The summed E-state index contributed by atoms with van der Waals surface area (Å²) in [6.07, 6.45) is 1.41. The summed E-state index contributed by atoms with van der Waals surface area (Å²) in [6, 6.07) is -0.653. The number of imide groups is 1. The number of hydrogen-bond acceptors (Lipinski definition) is 6. The van der Waals surface area contributed by atoms with Crippen molar-refractivity contribution in [2.45, 2.75) is 12.5 Å². The molecule has 0 radical (unpaired) electrons. The number of carbonyl (C=O) groups is 2. The van der Waals surface area contributed by atoms with Crippen LogP contribution in [0.4, 0.5) is 11.8 Å². The van der Waals surface area contributed by atoms with Gasteiger partial charge in [-0.05, 0) is 0 Å². The Balaban J connectivity index is 2.19. The lowest BCUT2D eigenvalue weighted by Gasteiger charge is -2.12. The first-order valence-electron chi connectivity index (χ1n) is 4.84. The molecule has 1 atom stereocenters. The van der Waals surface area contributed by atoms with E-state index in [0.29, 0.717) is 0 Å². The monoisotopic (exact) mass is 255 g/mol. The first-order valence-corrected chi connectivity index (χ1v) is 5.22. The van der Waals surface area contributed by atoms with Gasteiger partial charge < -0.3 is 11.1 Å². The van der Waals surface area contributed by atoms with E-state index in [1.165, 1.54) is 13.2 Å². The van der Waals surface area contributed by atoms with Gasteiger partial charge in [-0.2, -0.15) is 4.98 Å². The number of halogens is 1. The third-order valence-electron chi connectivity index (χ3n) is 2.46. The highest BCUT2D eigenvalue weighted by atomic mass is 35.5. The van der Waals surface area contributed by atoms with E-state index in [1.54, 1.807) is 0 Å². The summed E-state index contributed by atoms with van der Waals surface area (Å²) in [6.45, 7) is 0. The number of likely N-dealkylation sites (N-methyl/N-ethyl adjacent to an activating group) is 1. The van der Waals surface area contributed by atoms with Crippen molar-refractivity contribution < 1.29 is 9.59 Å². The van der Waals surface area contributed by atoms with Crippen molar-refractivity contribution in [3.8, 4) is 0 Å². The number of aromatic nitrogens is 2. The van der Waals surface area contributed by atoms with Gasteiger partial charge in [0, 0.05) is 7.05 Å². The Morgan fingerprint density at radius 2 is 2.29 bits per heavy atom. The predicted molar refractivity (Wildman–Crippen MR) is 61.3 cm³/mol. The van der Waals surface area contributed by atoms with Gasteiger partial charge in [0.1, 0.15) is 11.1 Å².